The lowest BCUT2D eigenvalue weighted by Crippen LogP contribution is -2.26. The van der Waals surface area contributed by atoms with Gasteiger partial charge in [-0.3, -0.25) is 4.79 Å². The standard InChI is InChI=1S/C12H14ClNO2/c1-8-4-5-10(9(13)7-8)14-12(15)11-3-2-6-16-11/h4-5,7,11H,2-3,6H2,1H3,(H,14,15)/t11-/m1/s1. The molecule has 1 aromatic carbocycles. The summed E-state index contributed by atoms with van der Waals surface area (Å²) in [5.41, 5.74) is 1.72. The summed E-state index contributed by atoms with van der Waals surface area (Å²) in [6.45, 7) is 2.62. The molecule has 0 radical (unpaired) electrons. The predicted molar refractivity (Wildman–Crippen MR) is 63.8 cm³/mol. The van der Waals surface area contributed by atoms with Gasteiger partial charge in [-0.2, -0.15) is 0 Å². The van der Waals surface area contributed by atoms with Crippen LogP contribution >= 0.6 is 11.6 Å². The third-order valence-corrected chi connectivity index (χ3v) is 2.92. The Labute approximate surface area is 99.7 Å². The molecule has 1 N–H and O–H groups in total. The minimum atomic E-state index is -0.322. The van der Waals surface area contributed by atoms with Gasteiger partial charge >= 0.3 is 0 Å². The zero-order chi connectivity index (χ0) is 11.5. The van der Waals surface area contributed by atoms with Gasteiger partial charge in [0.2, 0.25) is 0 Å². The number of anilines is 1. The largest absolute Gasteiger partial charge is 0.368 e. The van der Waals surface area contributed by atoms with Crippen LogP contribution in [0.3, 0.4) is 0 Å². The van der Waals surface area contributed by atoms with Crippen molar-refractivity contribution in [3.8, 4) is 0 Å². The lowest BCUT2D eigenvalue weighted by atomic mass is 10.2. The molecule has 1 fully saturated rings. The predicted octanol–water partition coefficient (Wildman–Crippen LogP) is 2.77. The first-order valence-corrected chi connectivity index (χ1v) is 5.73. The van der Waals surface area contributed by atoms with E-state index in [-0.39, 0.29) is 12.0 Å². The van der Waals surface area contributed by atoms with Crippen molar-refractivity contribution in [1.82, 2.24) is 0 Å². The number of nitrogens with one attached hydrogen (secondary N) is 1. The Balaban J connectivity index is 2.05. The van der Waals surface area contributed by atoms with Gasteiger partial charge in [0.1, 0.15) is 6.10 Å². The number of carbonyl (C=O) groups is 1. The molecule has 86 valence electrons. The second-order valence-electron chi connectivity index (χ2n) is 3.97. The molecule has 1 atom stereocenters. The highest BCUT2D eigenvalue weighted by Gasteiger charge is 2.23. The first-order valence-electron chi connectivity index (χ1n) is 5.35. The smallest absolute Gasteiger partial charge is 0.253 e. The molecule has 1 aromatic rings. The lowest BCUT2D eigenvalue weighted by Gasteiger charge is -2.11. The Hall–Kier alpha value is -1.06. The monoisotopic (exact) mass is 239 g/mol. The van der Waals surface area contributed by atoms with E-state index < -0.39 is 0 Å². The van der Waals surface area contributed by atoms with Crippen molar-refractivity contribution in [3.63, 3.8) is 0 Å². The van der Waals surface area contributed by atoms with Crippen LogP contribution < -0.4 is 5.32 Å². The molecule has 2 rings (SSSR count). The fourth-order valence-corrected chi connectivity index (χ4v) is 2.00. The molecule has 1 aliphatic rings. The Kier molecular flexibility index (Phi) is 3.46. The fourth-order valence-electron chi connectivity index (χ4n) is 1.72. The molecule has 0 saturated carbocycles. The molecule has 3 nitrogen and oxygen atoms in total. The zero-order valence-corrected chi connectivity index (χ0v) is 9.88. The normalized spacial score (nSPS) is 19.8. The van der Waals surface area contributed by atoms with Crippen LogP contribution in [0.5, 0.6) is 0 Å². The van der Waals surface area contributed by atoms with Gasteiger partial charge in [-0.1, -0.05) is 17.7 Å². The molecule has 4 heteroatoms. The topological polar surface area (TPSA) is 38.3 Å². The number of carbonyl (C=O) groups excluding carboxylic acids is 1. The molecule has 1 saturated heterocycles. The number of halogens is 1. The van der Waals surface area contributed by atoms with E-state index in [1.807, 2.05) is 25.1 Å². The summed E-state index contributed by atoms with van der Waals surface area (Å²) in [6.07, 6.45) is 1.41. The quantitative estimate of drug-likeness (QED) is 0.862. The molecule has 1 aliphatic heterocycles. The Bertz CT molecular complexity index is 400. The average molecular weight is 240 g/mol. The summed E-state index contributed by atoms with van der Waals surface area (Å²) >= 11 is 6.02. The fraction of sp³-hybridized carbons (Fsp3) is 0.417. The first-order chi connectivity index (χ1) is 7.66. The number of hydrogen-bond donors (Lipinski definition) is 1. The van der Waals surface area contributed by atoms with E-state index in [9.17, 15) is 4.79 Å². The van der Waals surface area contributed by atoms with Crippen LogP contribution in [0.1, 0.15) is 18.4 Å². The maximum Gasteiger partial charge on any atom is 0.253 e. The number of hydrogen-bond acceptors (Lipinski definition) is 2. The van der Waals surface area contributed by atoms with Crippen LogP contribution in [0.25, 0.3) is 0 Å². The van der Waals surface area contributed by atoms with E-state index in [0.717, 1.165) is 18.4 Å². The molecule has 1 amide bonds. The third kappa shape index (κ3) is 2.54. The van der Waals surface area contributed by atoms with Gasteiger partial charge in [-0.05, 0) is 37.5 Å². The van der Waals surface area contributed by atoms with Crippen LogP contribution in [0, 0.1) is 6.92 Å². The van der Waals surface area contributed by atoms with Crippen molar-refractivity contribution in [2.75, 3.05) is 11.9 Å². The van der Waals surface area contributed by atoms with Crippen molar-refractivity contribution < 1.29 is 9.53 Å². The highest BCUT2D eigenvalue weighted by atomic mass is 35.5. The maximum atomic E-state index is 11.8. The summed E-state index contributed by atoms with van der Waals surface area (Å²) in [5.74, 6) is -0.108. The van der Waals surface area contributed by atoms with Crippen molar-refractivity contribution in [3.05, 3.63) is 28.8 Å². The van der Waals surface area contributed by atoms with Gasteiger partial charge in [0, 0.05) is 6.61 Å². The highest BCUT2D eigenvalue weighted by molar-refractivity contribution is 6.33. The summed E-state index contributed by atoms with van der Waals surface area (Å²) < 4.78 is 5.30. The third-order valence-electron chi connectivity index (χ3n) is 2.60. The average Bonchev–Trinajstić information content (AvgIpc) is 2.75. The van der Waals surface area contributed by atoms with Crippen LogP contribution in [0.2, 0.25) is 5.02 Å². The Morgan fingerprint density at radius 3 is 3.00 bits per heavy atom. The van der Waals surface area contributed by atoms with Crippen LogP contribution in [0.4, 0.5) is 5.69 Å². The number of aryl methyl sites for hydroxylation is 1. The van der Waals surface area contributed by atoms with E-state index >= 15 is 0 Å². The molecule has 0 unspecified atom stereocenters. The van der Waals surface area contributed by atoms with E-state index in [2.05, 4.69) is 5.32 Å². The van der Waals surface area contributed by atoms with E-state index in [4.69, 9.17) is 16.3 Å². The lowest BCUT2D eigenvalue weighted by molar-refractivity contribution is -0.124. The summed E-state index contributed by atoms with van der Waals surface area (Å²) in [5, 5.41) is 3.34. The Morgan fingerprint density at radius 1 is 1.56 bits per heavy atom. The molecule has 0 spiro atoms. The molecular weight excluding hydrogens is 226 g/mol. The van der Waals surface area contributed by atoms with Gasteiger partial charge in [0.05, 0.1) is 10.7 Å². The minimum absolute atomic E-state index is 0.108. The van der Waals surface area contributed by atoms with Gasteiger partial charge < -0.3 is 10.1 Å². The molecule has 0 aliphatic carbocycles. The summed E-state index contributed by atoms with van der Waals surface area (Å²) in [4.78, 5) is 11.8. The molecule has 0 aromatic heterocycles. The summed E-state index contributed by atoms with van der Waals surface area (Å²) in [6, 6.07) is 5.55. The minimum Gasteiger partial charge on any atom is -0.368 e. The highest BCUT2D eigenvalue weighted by Crippen LogP contribution is 2.24. The van der Waals surface area contributed by atoms with Gasteiger partial charge in [0.25, 0.3) is 5.91 Å². The van der Waals surface area contributed by atoms with Crippen LogP contribution in [-0.4, -0.2) is 18.6 Å². The SMILES string of the molecule is Cc1ccc(NC(=O)[C@H]2CCCO2)c(Cl)c1. The molecule has 16 heavy (non-hydrogen) atoms. The number of rotatable bonds is 2. The molecular formula is C12H14ClNO2. The number of benzene rings is 1. The maximum absolute atomic E-state index is 11.8. The van der Waals surface area contributed by atoms with Crippen molar-refractivity contribution in [2.24, 2.45) is 0 Å². The van der Waals surface area contributed by atoms with Crippen molar-refractivity contribution >= 4 is 23.2 Å². The second-order valence-corrected chi connectivity index (χ2v) is 4.38. The van der Waals surface area contributed by atoms with E-state index in [1.54, 1.807) is 0 Å². The Morgan fingerprint density at radius 2 is 2.38 bits per heavy atom. The van der Waals surface area contributed by atoms with Crippen molar-refractivity contribution in [1.29, 1.82) is 0 Å². The number of amides is 1. The number of ether oxygens (including phenoxy) is 1. The van der Waals surface area contributed by atoms with Gasteiger partial charge in [-0.15, -0.1) is 0 Å². The van der Waals surface area contributed by atoms with Gasteiger partial charge in [-0.25, -0.2) is 0 Å². The first kappa shape index (κ1) is 11.4. The molecule has 1 heterocycles. The van der Waals surface area contributed by atoms with E-state index in [0.29, 0.717) is 17.3 Å². The van der Waals surface area contributed by atoms with E-state index in [1.165, 1.54) is 0 Å². The van der Waals surface area contributed by atoms with Crippen molar-refractivity contribution in [2.45, 2.75) is 25.9 Å². The second kappa shape index (κ2) is 4.85. The summed E-state index contributed by atoms with van der Waals surface area (Å²) in [7, 11) is 0. The van der Waals surface area contributed by atoms with Crippen LogP contribution in [0.15, 0.2) is 18.2 Å². The zero-order valence-electron chi connectivity index (χ0n) is 9.13. The molecule has 0 bridgehead atoms. The van der Waals surface area contributed by atoms with Gasteiger partial charge in [0.15, 0.2) is 0 Å². The van der Waals surface area contributed by atoms with Crippen LogP contribution in [-0.2, 0) is 9.53 Å².